The maximum atomic E-state index is 5.67. The highest BCUT2D eigenvalue weighted by Crippen LogP contribution is 2.18. The van der Waals surface area contributed by atoms with Crippen molar-refractivity contribution in [3.05, 3.63) is 24.4 Å². The molecule has 2 rings (SSSR count). The van der Waals surface area contributed by atoms with E-state index in [1.807, 2.05) is 19.3 Å². The molecule has 98 valence electrons. The van der Waals surface area contributed by atoms with Crippen LogP contribution in [0.25, 0.3) is 11.5 Å². The molecule has 0 fully saturated rings. The van der Waals surface area contributed by atoms with E-state index in [4.69, 9.17) is 4.42 Å². The van der Waals surface area contributed by atoms with E-state index in [1.54, 1.807) is 10.9 Å². The minimum atomic E-state index is 0.743. The van der Waals surface area contributed by atoms with Crippen LogP contribution in [0.1, 0.15) is 25.7 Å². The Morgan fingerprint density at radius 1 is 1.39 bits per heavy atom. The number of rotatable bonds is 7. The Morgan fingerprint density at radius 3 is 3.00 bits per heavy atom. The van der Waals surface area contributed by atoms with Gasteiger partial charge in [-0.25, -0.2) is 4.98 Å². The van der Waals surface area contributed by atoms with Gasteiger partial charge in [0, 0.05) is 19.7 Å². The smallest absolute Gasteiger partial charge is 0.195 e. The molecular weight excluding hydrogens is 228 g/mol. The molecule has 0 aliphatic carbocycles. The first kappa shape index (κ1) is 12.8. The molecule has 0 spiro atoms. The molecule has 0 saturated heterocycles. The van der Waals surface area contributed by atoms with Gasteiger partial charge < -0.3 is 9.73 Å². The lowest BCUT2D eigenvalue weighted by atomic mass is 10.3. The number of aromatic nitrogens is 3. The normalized spacial score (nSPS) is 11.0. The fourth-order valence-corrected chi connectivity index (χ4v) is 1.76. The summed E-state index contributed by atoms with van der Waals surface area (Å²) in [5.41, 5.74) is 0.834. The second kappa shape index (κ2) is 6.35. The summed E-state index contributed by atoms with van der Waals surface area (Å²) in [5, 5.41) is 7.65. The molecule has 0 aliphatic rings. The Balaban J connectivity index is 1.83. The van der Waals surface area contributed by atoms with E-state index in [2.05, 4.69) is 22.3 Å². The van der Waals surface area contributed by atoms with Crippen molar-refractivity contribution in [3.8, 4) is 11.5 Å². The van der Waals surface area contributed by atoms with Crippen LogP contribution in [-0.4, -0.2) is 27.9 Å². The first-order valence-corrected chi connectivity index (χ1v) is 6.45. The van der Waals surface area contributed by atoms with Crippen molar-refractivity contribution < 1.29 is 4.42 Å². The summed E-state index contributed by atoms with van der Waals surface area (Å²) < 4.78 is 7.43. The maximum absolute atomic E-state index is 5.67. The standard InChI is InChI=1S/C13H20N4O/c1-3-7-14-8-4-5-13-15-10-12(18-13)11-6-9-17(2)16-11/h6,9-10,14H,3-5,7-8H2,1-2H3. The van der Waals surface area contributed by atoms with Crippen molar-refractivity contribution in [2.75, 3.05) is 13.1 Å². The van der Waals surface area contributed by atoms with Crippen molar-refractivity contribution in [3.63, 3.8) is 0 Å². The summed E-state index contributed by atoms with van der Waals surface area (Å²) in [6.45, 7) is 4.25. The lowest BCUT2D eigenvalue weighted by molar-refractivity contribution is 0.490. The van der Waals surface area contributed by atoms with Gasteiger partial charge in [0.05, 0.1) is 6.20 Å². The zero-order valence-corrected chi connectivity index (χ0v) is 11.0. The van der Waals surface area contributed by atoms with Crippen molar-refractivity contribution in [1.29, 1.82) is 0 Å². The average molecular weight is 248 g/mol. The van der Waals surface area contributed by atoms with Gasteiger partial charge in [0.25, 0.3) is 0 Å². The molecule has 0 radical (unpaired) electrons. The van der Waals surface area contributed by atoms with Gasteiger partial charge in [-0.15, -0.1) is 0 Å². The largest absolute Gasteiger partial charge is 0.439 e. The number of oxazole rings is 1. The predicted octanol–water partition coefficient (Wildman–Crippen LogP) is 2.01. The quantitative estimate of drug-likeness (QED) is 0.761. The van der Waals surface area contributed by atoms with E-state index in [9.17, 15) is 0 Å². The molecule has 0 unspecified atom stereocenters. The molecule has 1 N–H and O–H groups in total. The monoisotopic (exact) mass is 248 g/mol. The topological polar surface area (TPSA) is 55.9 Å². The second-order valence-electron chi connectivity index (χ2n) is 4.35. The third-order valence-corrected chi connectivity index (χ3v) is 2.69. The van der Waals surface area contributed by atoms with Gasteiger partial charge in [0.1, 0.15) is 5.69 Å². The van der Waals surface area contributed by atoms with Crippen LogP contribution in [0.5, 0.6) is 0 Å². The average Bonchev–Trinajstić information content (AvgIpc) is 2.97. The molecule has 18 heavy (non-hydrogen) atoms. The molecule has 0 amide bonds. The number of hydrogen-bond acceptors (Lipinski definition) is 4. The molecule has 5 nitrogen and oxygen atoms in total. The summed E-state index contributed by atoms with van der Waals surface area (Å²) >= 11 is 0. The Kier molecular flexibility index (Phi) is 4.52. The van der Waals surface area contributed by atoms with Crippen LogP contribution in [0.4, 0.5) is 0 Å². The second-order valence-corrected chi connectivity index (χ2v) is 4.35. The van der Waals surface area contributed by atoms with Crippen LogP contribution < -0.4 is 5.32 Å². The lowest BCUT2D eigenvalue weighted by Crippen LogP contribution is -2.16. The van der Waals surface area contributed by atoms with Crippen LogP contribution in [0.3, 0.4) is 0 Å². The molecule has 0 atom stereocenters. The van der Waals surface area contributed by atoms with Gasteiger partial charge in [0.2, 0.25) is 0 Å². The highest BCUT2D eigenvalue weighted by atomic mass is 16.4. The zero-order chi connectivity index (χ0) is 12.8. The Bertz CT molecular complexity index is 475. The summed E-state index contributed by atoms with van der Waals surface area (Å²) in [4.78, 5) is 4.28. The number of nitrogens with zero attached hydrogens (tertiary/aromatic N) is 3. The highest BCUT2D eigenvalue weighted by molar-refractivity contribution is 5.49. The van der Waals surface area contributed by atoms with Crippen molar-refractivity contribution in [2.45, 2.75) is 26.2 Å². The van der Waals surface area contributed by atoms with E-state index < -0.39 is 0 Å². The minimum absolute atomic E-state index is 0.743. The Morgan fingerprint density at radius 2 is 2.28 bits per heavy atom. The van der Waals surface area contributed by atoms with Crippen molar-refractivity contribution in [2.24, 2.45) is 7.05 Å². The van der Waals surface area contributed by atoms with Crippen molar-refractivity contribution in [1.82, 2.24) is 20.1 Å². The van der Waals surface area contributed by atoms with E-state index in [0.29, 0.717) is 0 Å². The van der Waals surface area contributed by atoms with E-state index >= 15 is 0 Å². The Hall–Kier alpha value is -1.62. The third-order valence-electron chi connectivity index (χ3n) is 2.69. The molecule has 2 aromatic heterocycles. The first-order valence-electron chi connectivity index (χ1n) is 6.45. The molecular formula is C13H20N4O. The first-order chi connectivity index (χ1) is 8.79. The predicted molar refractivity (Wildman–Crippen MR) is 70.2 cm³/mol. The molecule has 0 bridgehead atoms. The molecule has 0 aromatic carbocycles. The summed E-state index contributed by atoms with van der Waals surface area (Å²) in [6, 6.07) is 1.92. The number of aryl methyl sites for hydroxylation is 2. The number of hydrogen-bond donors (Lipinski definition) is 1. The van der Waals surface area contributed by atoms with Crippen LogP contribution in [0.15, 0.2) is 22.9 Å². The fourth-order valence-electron chi connectivity index (χ4n) is 1.76. The van der Waals surface area contributed by atoms with Gasteiger partial charge in [0.15, 0.2) is 11.7 Å². The summed E-state index contributed by atoms with van der Waals surface area (Å²) in [6.07, 6.45) is 6.72. The molecule has 0 aliphatic heterocycles. The lowest BCUT2D eigenvalue weighted by Gasteiger charge is -2.00. The fraction of sp³-hybridized carbons (Fsp3) is 0.538. The maximum Gasteiger partial charge on any atom is 0.195 e. The molecule has 0 saturated carbocycles. The van der Waals surface area contributed by atoms with Gasteiger partial charge >= 0.3 is 0 Å². The summed E-state index contributed by atoms with van der Waals surface area (Å²) in [5.74, 6) is 1.53. The zero-order valence-electron chi connectivity index (χ0n) is 11.0. The third kappa shape index (κ3) is 3.43. The summed E-state index contributed by atoms with van der Waals surface area (Å²) in [7, 11) is 1.89. The van der Waals surface area contributed by atoms with Crippen molar-refractivity contribution >= 4 is 0 Å². The van der Waals surface area contributed by atoms with Crippen LogP contribution >= 0.6 is 0 Å². The van der Waals surface area contributed by atoms with E-state index in [1.165, 1.54) is 6.42 Å². The molecule has 2 aromatic rings. The van der Waals surface area contributed by atoms with E-state index in [0.717, 1.165) is 43.3 Å². The van der Waals surface area contributed by atoms with Gasteiger partial charge in [-0.1, -0.05) is 6.92 Å². The molecule has 2 heterocycles. The van der Waals surface area contributed by atoms with Gasteiger partial charge in [-0.2, -0.15) is 5.10 Å². The highest BCUT2D eigenvalue weighted by Gasteiger charge is 2.08. The minimum Gasteiger partial charge on any atom is -0.439 e. The Labute approximate surface area is 107 Å². The van der Waals surface area contributed by atoms with Crippen LogP contribution in [-0.2, 0) is 13.5 Å². The van der Waals surface area contributed by atoms with Crippen LogP contribution in [0.2, 0.25) is 0 Å². The number of nitrogens with one attached hydrogen (secondary N) is 1. The van der Waals surface area contributed by atoms with E-state index in [-0.39, 0.29) is 0 Å². The van der Waals surface area contributed by atoms with Crippen LogP contribution in [0, 0.1) is 0 Å². The van der Waals surface area contributed by atoms with Gasteiger partial charge in [-0.3, -0.25) is 4.68 Å². The SMILES string of the molecule is CCCNCCCc1ncc(-c2ccn(C)n2)o1. The molecule has 5 heteroatoms. The van der Waals surface area contributed by atoms with Gasteiger partial charge in [-0.05, 0) is 32.0 Å².